The van der Waals surface area contributed by atoms with Gasteiger partial charge in [-0.3, -0.25) is 4.79 Å². The summed E-state index contributed by atoms with van der Waals surface area (Å²) in [5.41, 5.74) is 0. The third-order valence-corrected chi connectivity index (χ3v) is 3.36. The molecule has 0 aliphatic heterocycles. The van der Waals surface area contributed by atoms with Crippen molar-refractivity contribution in [3.8, 4) is 0 Å². The van der Waals surface area contributed by atoms with E-state index in [1.807, 2.05) is 6.92 Å². The van der Waals surface area contributed by atoms with Crippen molar-refractivity contribution in [3.63, 3.8) is 0 Å². The number of hydrogen-bond acceptors (Lipinski definition) is 2. The first kappa shape index (κ1) is 12.5. The fourth-order valence-corrected chi connectivity index (χ4v) is 2.54. The van der Waals surface area contributed by atoms with Crippen molar-refractivity contribution < 1.29 is 9.90 Å². The summed E-state index contributed by atoms with van der Waals surface area (Å²) < 4.78 is 0. The molecule has 2 N–H and O–H groups in total. The Kier molecular flexibility index (Phi) is 5.09. The molecular weight excluding hydrogens is 190 g/mol. The van der Waals surface area contributed by atoms with Crippen LogP contribution in [0.4, 0.5) is 0 Å². The fraction of sp³-hybridized carbons (Fsp3) is 0.917. The highest BCUT2D eigenvalue weighted by Crippen LogP contribution is 2.26. The van der Waals surface area contributed by atoms with E-state index in [0.29, 0.717) is 6.04 Å². The van der Waals surface area contributed by atoms with E-state index in [1.54, 1.807) is 0 Å². The minimum atomic E-state index is -0.710. The molecule has 88 valence electrons. The van der Waals surface area contributed by atoms with Crippen molar-refractivity contribution in [1.29, 1.82) is 0 Å². The predicted octanol–water partition coefficient (Wildman–Crippen LogP) is 2.41. The van der Waals surface area contributed by atoms with Gasteiger partial charge in [0.15, 0.2) is 0 Å². The van der Waals surface area contributed by atoms with E-state index in [0.717, 1.165) is 5.92 Å². The number of carboxylic acid groups (broad SMARTS) is 1. The van der Waals surface area contributed by atoms with E-state index in [4.69, 9.17) is 5.11 Å². The van der Waals surface area contributed by atoms with Gasteiger partial charge in [-0.15, -0.1) is 0 Å². The Balaban J connectivity index is 2.27. The molecule has 0 heterocycles. The van der Waals surface area contributed by atoms with Crippen molar-refractivity contribution in [2.45, 2.75) is 64.5 Å². The van der Waals surface area contributed by atoms with Gasteiger partial charge in [0.05, 0.1) is 6.42 Å². The highest BCUT2D eigenvalue weighted by Gasteiger charge is 2.22. The average Bonchev–Trinajstić information content (AvgIpc) is 2.16. The van der Waals surface area contributed by atoms with Crippen LogP contribution in [0.25, 0.3) is 0 Å². The number of hydrogen-bond donors (Lipinski definition) is 2. The van der Waals surface area contributed by atoms with Gasteiger partial charge in [-0.2, -0.15) is 0 Å². The SMILES string of the molecule is CCC1CCCC(NC(C)CC(=O)O)C1. The molecule has 0 amide bonds. The molecule has 1 fully saturated rings. The summed E-state index contributed by atoms with van der Waals surface area (Å²) in [6.45, 7) is 4.21. The quantitative estimate of drug-likeness (QED) is 0.737. The lowest BCUT2D eigenvalue weighted by Gasteiger charge is -2.31. The summed E-state index contributed by atoms with van der Waals surface area (Å²) in [5.74, 6) is 0.131. The van der Waals surface area contributed by atoms with Gasteiger partial charge in [-0.25, -0.2) is 0 Å². The lowest BCUT2D eigenvalue weighted by Crippen LogP contribution is -2.40. The van der Waals surface area contributed by atoms with Crippen molar-refractivity contribution in [1.82, 2.24) is 5.32 Å². The molecule has 0 aromatic carbocycles. The van der Waals surface area contributed by atoms with E-state index in [-0.39, 0.29) is 12.5 Å². The Bertz CT molecular complexity index is 206. The molecule has 1 aliphatic rings. The van der Waals surface area contributed by atoms with Crippen LogP contribution in [0.1, 0.15) is 52.4 Å². The fourth-order valence-electron chi connectivity index (χ4n) is 2.54. The molecule has 0 radical (unpaired) electrons. The topological polar surface area (TPSA) is 49.3 Å². The minimum absolute atomic E-state index is 0.100. The van der Waals surface area contributed by atoms with Crippen molar-refractivity contribution >= 4 is 5.97 Å². The highest BCUT2D eigenvalue weighted by atomic mass is 16.4. The molecule has 0 bridgehead atoms. The largest absolute Gasteiger partial charge is 0.481 e. The summed E-state index contributed by atoms with van der Waals surface area (Å²) >= 11 is 0. The predicted molar refractivity (Wildman–Crippen MR) is 60.9 cm³/mol. The minimum Gasteiger partial charge on any atom is -0.481 e. The Morgan fingerprint density at radius 1 is 1.53 bits per heavy atom. The lowest BCUT2D eigenvalue weighted by molar-refractivity contribution is -0.137. The monoisotopic (exact) mass is 213 g/mol. The van der Waals surface area contributed by atoms with Crippen molar-refractivity contribution in [2.24, 2.45) is 5.92 Å². The third kappa shape index (κ3) is 4.65. The number of rotatable bonds is 5. The van der Waals surface area contributed by atoms with E-state index >= 15 is 0 Å². The molecule has 0 saturated heterocycles. The van der Waals surface area contributed by atoms with Gasteiger partial charge in [-0.05, 0) is 25.7 Å². The Morgan fingerprint density at radius 2 is 2.27 bits per heavy atom. The number of nitrogens with one attached hydrogen (secondary N) is 1. The van der Waals surface area contributed by atoms with E-state index in [2.05, 4.69) is 12.2 Å². The summed E-state index contributed by atoms with van der Waals surface area (Å²) in [6, 6.07) is 0.640. The standard InChI is InChI=1S/C12H23NO2/c1-3-10-5-4-6-11(8-10)13-9(2)7-12(14)15/h9-11,13H,3-8H2,1-2H3,(H,14,15). The summed E-state index contributed by atoms with van der Waals surface area (Å²) in [6.07, 6.45) is 6.55. The van der Waals surface area contributed by atoms with Gasteiger partial charge in [0.25, 0.3) is 0 Å². The van der Waals surface area contributed by atoms with E-state index in [9.17, 15) is 4.79 Å². The third-order valence-electron chi connectivity index (χ3n) is 3.36. The maximum atomic E-state index is 10.5. The molecule has 3 heteroatoms. The molecule has 3 atom stereocenters. The van der Waals surface area contributed by atoms with Crippen LogP contribution in [0.15, 0.2) is 0 Å². The smallest absolute Gasteiger partial charge is 0.304 e. The zero-order chi connectivity index (χ0) is 11.3. The van der Waals surface area contributed by atoms with Gasteiger partial charge in [0.1, 0.15) is 0 Å². The zero-order valence-electron chi connectivity index (χ0n) is 9.83. The second kappa shape index (κ2) is 6.11. The number of carboxylic acids is 1. The van der Waals surface area contributed by atoms with Gasteiger partial charge in [0, 0.05) is 12.1 Å². The first-order valence-electron chi connectivity index (χ1n) is 6.09. The molecule has 3 unspecified atom stereocenters. The van der Waals surface area contributed by atoms with Crippen LogP contribution in [0, 0.1) is 5.92 Å². The molecule has 0 spiro atoms. The first-order chi connectivity index (χ1) is 7.11. The van der Waals surface area contributed by atoms with Crippen LogP contribution >= 0.6 is 0 Å². The van der Waals surface area contributed by atoms with Crippen molar-refractivity contribution in [2.75, 3.05) is 0 Å². The molecule has 1 rings (SSSR count). The molecular formula is C12H23NO2. The average molecular weight is 213 g/mol. The van der Waals surface area contributed by atoms with Crippen LogP contribution in [0.3, 0.4) is 0 Å². The Hall–Kier alpha value is -0.570. The molecule has 1 saturated carbocycles. The Labute approximate surface area is 92.3 Å². The maximum absolute atomic E-state index is 10.5. The van der Waals surface area contributed by atoms with Crippen molar-refractivity contribution in [3.05, 3.63) is 0 Å². The van der Waals surface area contributed by atoms with Crippen LogP contribution in [-0.4, -0.2) is 23.2 Å². The van der Waals surface area contributed by atoms with Crippen LogP contribution in [-0.2, 0) is 4.79 Å². The van der Waals surface area contributed by atoms with E-state index in [1.165, 1.54) is 32.1 Å². The Morgan fingerprint density at radius 3 is 2.87 bits per heavy atom. The molecule has 3 nitrogen and oxygen atoms in total. The van der Waals surface area contributed by atoms with E-state index < -0.39 is 5.97 Å². The van der Waals surface area contributed by atoms with Gasteiger partial charge in [-0.1, -0.05) is 26.2 Å². The second-order valence-corrected chi connectivity index (χ2v) is 4.80. The molecule has 15 heavy (non-hydrogen) atoms. The van der Waals surface area contributed by atoms with Crippen LogP contribution in [0.5, 0.6) is 0 Å². The van der Waals surface area contributed by atoms with Gasteiger partial charge in [0.2, 0.25) is 0 Å². The lowest BCUT2D eigenvalue weighted by atomic mass is 9.84. The summed E-state index contributed by atoms with van der Waals surface area (Å²) in [7, 11) is 0. The normalized spacial score (nSPS) is 28.7. The first-order valence-corrected chi connectivity index (χ1v) is 6.09. The van der Waals surface area contributed by atoms with Gasteiger partial charge < -0.3 is 10.4 Å². The summed E-state index contributed by atoms with van der Waals surface area (Å²) in [4.78, 5) is 10.5. The summed E-state index contributed by atoms with van der Waals surface area (Å²) in [5, 5.41) is 12.1. The highest BCUT2D eigenvalue weighted by molar-refractivity contribution is 5.67. The molecule has 0 aromatic heterocycles. The zero-order valence-corrected chi connectivity index (χ0v) is 9.83. The van der Waals surface area contributed by atoms with Crippen LogP contribution in [0.2, 0.25) is 0 Å². The maximum Gasteiger partial charge on any atom is 0.304 e. The van der Waals surface area contributed by atoms with Gasteiger partial charge >= 0.3 is 5.97 Å². The number of carbonyl (C=O) groups is 1. The van der Waals surface area contributed by atoms with Crippen LogP contribution < -0.4 is 5.32 Å². The molecule has 1 aliphatic carbocycles. The molecule has 0 aromatic rings. The second-order valence-electron chi connectivity index (χ2n) is 4.80. The number of aliphatic carboxylic acids is 1.